The van der Waals surface area contributed by atoms with Crippen LogP contribution in [0.4, 0.5) is 0 Å². The molecule has 0 spiro atoms. The number of hydrogen-bond acceptors (Lipinski definition) is 6. The highest BCUT2D eigenvalue weighted by Crippen LogP contribution is 2.36. The van der Waals surface area contributed by atoms with Crippen molar-refractivity contribution >= 4 is 19.8 Å². The van der Waals surface area contributed by atoms with Crippen molar-refractivity contribution in [2.75, 3.05) is 13.2 Å². The Morgan fingerprint density at radius 2 is 0.941 bits per heavy atom. The largest absolute Gasteiger partial charge is 0.469 e. The number of phosphoric ester groups is 1. The summed E-state index contributed by atoms with van der Waals surface area (Å²) in [6, 6.07) is 0. The predicted molar refractivity (Wildman–Crippen MR) is 211 cm³/mol. The van der Waals surface area contributed by atoms with Crippen molar-refractivity contribution in [3.63, 3.8) is 0 Å². The van der Waals surface area contributed by atoms with Crippen LogP contribution in [0.1, 0.15) is 174 Å². The number of unbranched alkanes of at least 4 members (excludes halogenated alkanes) is 16. The van der Waals surface area contributed by atoms with Gasteiger partial charge in [0.05, 0.1) is 6.61 Å². The number of phosphoric acid groups is 1. The lowest BCUT2D eigenvalue weighted by molar-refractivity contribution is -0.161. The summed E-state index contributed by atoms with van der Waals surface area (Å²) in [6.07, 6.45) is 46.6. The Balaban J connectivity index is 4.03. The van der Waals surface area contributed by atoms with Crippen LogP contribution in [-0.2, 0) is 28.2 Å². The smallest absolute Gasteiger partial charge is 0.462 e. The van der Waals surface area contributed by atoms with Gasteiger partial charge in [-0.3, -0.25) is 14.1 Å². The molecule has 8 nitrogen and oxygen atoms in total. The molecule has 0 aromatic carbocycles. The first-order chi connectivity index (χ1) is 24.8. The number of allylic oxidation sites excluding steroid dienone is 10. The van der Waals surface area contributed by atoms with Crippen LogP contribution in [0.15, 0.2) is 60.8 Å². The van der Waals surface area contributed by atoms with Crippen molar-refractivity contribution in [1.82, 2.24) is 0 Å². The first-order valence-corrected chi connectivity index (χ1v) is 21.6. The second kappa shape index (κ2) is 37.5. The number of esters is 2. The molecular weight excluding hydrogens is 663 g/mol. The van der Waals surface area contributed by atoms with E-state index in [4.69, 9.17) is 19.3 Å². The zero-order valence-corrected chi connectivity index (χ0v) is 33.1. The Morgan fingerprint density at radius 1 is 0.529 bits per heavy atom. The number of carbonyl (C=O) groups is 2. The van der Waals surface area contributed by atoms with Gasteiger partial charge in [0.2, 0.25) is 0 Å². The second-order valence-corrected chi connectivity index (χ2v) is 14.5. The molecule has 0 aromatic rings. The van der Waals surface area contributed by atoms with Crippen molar-refractivity contribution in [2.45, 2.75) is 180 Å². The molecule has 0 aliphatic carbocycles. The van der Waals surface area contributed by atoms with E-state index >= 15 is 0 Å². The number of rotatable bonds is 36. The lowest BCUT2D eigenvalue weighted by Gasteiger charge is -2.18. The van der Waals surface area contributed by atoms with Gasteiger partial charge in [-0.2, -0.15) is 0 Å². The van der Waals surface area contributed by atoms with Crippen molar-refractivity contribution in [3.05, 3.63) is 60.8 Å². The molecule has 0 bridgehead atoms. The summed E-state index contributed by atoms with van der Waals surface area (Å²) >= 11 is 0. The van der Waals surface area contributed by atoms with Gasteiger partial charge in [0.25, 0.3) is 0 Å². The molecule has 0 aliphatic heterocycles. The van der Waals surface area contributed by atoms with Crippen LogP contribution in [0.25, 0.3) is 0 Å². The summed E-state index contributed by atoms with van der Waals surface area (Å²) in [4.78, 5) is 42.8. The summed E-state index contributed by atoms with van der Waals surface area (Å²) in [6.45, 7) is 3.52. The van der Waals surface area contributed by atoms with Crippen molar-refractivity contribution in [1.29, 1.82) is 0 Å². The normalized spacial score (nSPS) is 13.1. The standard InChI is InChI=1S/C42H73O8P/c1-3-5-7-9-11-13-15-17-19-21-23-25-27-29-31-33-35-37-42(44)50-40(39-49-51(45,46)47)38-48-41(43)36-34-32-30-28-26-24-22-20-18-16-14-12-10-8-6-4-2/h5,7,11,13,17,19,23,25,29,31,40H,3-4,6,8-10,12,14-16,18,20-22,24,26-28,30,32-39H2,1-2H3,(H2,45,46,47)/b7-5+,13-11+,19-17+,25-23+,31-29+/t40-/m1/s1. The highest BCUT2D eigenvalue weighted by Gasteiger charge is 2.22. The first kappa shape index (κ1) is 48.8. The van der Waals surface area contributed by atoms with E-state index in [9.17, 15) is 14.2 Å². The Hall–Kier alpha value is -2.25. The third-order valence-electron chi connectivity index (χ3n) is 8.30. The minimum Gasteiger partial charge on any atom is -0.462 e. The maximum Gasteiger partial charge on any atom is 0.469 e. The molecule has 9 heteroatoms. The first-order valence-electron chi connectivity index (χ1n) is 20.1. The van der Waals surface area contributed by atoms with Crippen LogP contribution >= 0.6 is 7.82 Å². The number of carbonyl (C=O) groups excluding carboxylic acids is 2. The van der Waals surface area contributed by atoms with Gasteiger partial charge < -0.3 is 19.3 Å². The SMILES string of the molecule is CC/C=C/C/C=C/C/C=C/C/C=C/C/C=C/CCCC(=O)O[C@H](COC(=O)CCCCCCCCCCCCCCCCCC)COP(=O)(O)O. The molecular formula is C42H73O8P. The van der Waals surface area contributed by atoms with Gasteiger partial charge in [0.1, 0.15) is 6.61 Å². The van der Waals surface area contributed by atoms with Gasteiger partial charge >= 0.3 is 19.8 Å². The van der Waals surface area contributed by atoms with Crippen molar-refractivity contribution in [2.24, 2.45) is 0 Å². The molecule has 294 valence electrons. The van der Waals surface area contributed by atoms with E-state index in [2.05, 4.69) is 67.0 Å². The summed E-state index contributed by atoms with van der Waals surface area (Å²) in [5, 5.41) is 0. The molecule has 0 unspecified atom stereocenters. The van der Waals surface area contributed by atoms with Gasteiger partial charge in [-0.25, -0.2) is 4.57 Å². The maximum absolute atomic E-state index is 12.4. The molecule has 0 rings (SSSR count). The van der Waals surface area contributed by atoms with E-state index in [1.807, 2.05) is 12.2 Å². The van der Waals surface area contributed by atoms with Crippen LogP contribution in [0.5, 0.6) is 0 Å². The van der Waals surface area contributed by atoms with Crippen LogP contribution in [0.2, 0.25) is 0 Å². The molecule has 0 radical (unpaired) electrons. The van der Waals surface area contributed by atoms with Crippen LogP contribution in [0, 0.1) is 0 Å². The topological polar surface area (TPSA) is 119 Å². The van der Waals surface area contributed by atoms with E-state index < -0.39 is 32.5 Å². The molecule has 0 heterocycles. The maximum atomic E-state index is 12.4. The molecule has 1 atom stereocenters. The molecule has 0 saturated heterocycles. The summed E-state index contributed by atoms with van der Waals surface area (Å²) in [5.41, 5.74) is 0. The quantitative estimate of drug-likeness (QED) is 0.0282. The third-order valence-corrected chi connectivity index (χ3v) is 8.79. The summed E-state index contributed by atoms with van der Waals surface area (Å²) in [5.74, 6) is -0.952. The average molecular weight is 737 g/mol. The molecule has 0 aromatic heterocycles. The van der Waals surface area contributed by atoms with Gasteiger partial charge in [-0.1, -0.05) is 171 Å². The summed E-state index contributed by atoms with van der Waals surface area (Å²) in [7, 11) is -4.77. The van der Waals surface area contributed by atoms with E-state index in [1.54, 1.807) is 0 Å². The van der Waals surface area contributed by atoms with E-state index in [0.29, 0.717) is 12.8 Å². The molecule has 0 amide bonds. The van der Waals surface area contributed by atoms with E-state index in [1.165, 1.54) is 83.5 Å². The Labute approximate surface area is 311 Å². The Bertz CT molecular complexity index is 1010. The third kappa shape index (κ3) is 40.4. The van der Waals surface area contributed by atoms with Crippen molar-refractivity contribution < 1.29 is 37.9 Å². The minimum atomic E-state index is -4.77. The van der Waals surface area contributed by atoms with E-state index in [0.717, 1.165) is 51.4 Å². The number of ether oxygens (including phenoxy) is 2. The lowest BCUT2D eigenvalue weighted by atomic mass is 10.0. The lowest BCUT2D eigenvalue weighted by Crippen LogP contribution is -2.29. The fraction of sp³-hybridized carbons (Fsp3) is 0.714. The fourth-order valence-electron chi connectivity index (χ4n) is 5.35. The van der Waals surface area contributed by atoms with E-state index in [-0.39, 0.29) is 19.4 Å². The van der Waals surface area contributed by atoms with Gasteiger partial charge in [-0.15, -0.1) is 0 Å². The Morgan fingerprint density at radius 3 is 1.39 bits per heavy atom. The van der Waals surface area contributed by atoms with Crippen LogP contribution in [0.3, 0.4) is 0 Å². The average Bonchev–Trinajstić information content (AvgIpc) is 3.10. The van der Waals surface area contributed by atoms with Gasteiger partial charge in [0.15, 0.2) is 6.10 Å². The monoisotopic (exact) mass is 737 g/mol. The fourth-order valence-corrected chi connectivity index (χ4v) is 5.71. The second-order valence-electron chi connectivity index (χ2n) is 13.2. The molecule has 2 N–H and O–H groups in total. The summed E-state index contributed by atoms with van der Waals surface area (Å²) < 4.78 is 26.3. The minimum absolute atomic E-state index is 0.133. The van der Waals surface area contributed by atoms with Crippen LogP contribution in [-0.4, -0.2) is 41.0 Å². The molecule has 0 aliphatic rings. The van der Waals surface area contributed by atoms with Gasteiger partial charge in [-0.05, 0) is 51.4 Å². The van der Waals surface area contributed by atoms with Gasteiger partial charge in [0, 0.05) is 12.8 Å². The zero-order chi connectivity index (χ0) is 37.5. The Kier molecular flexibility index (Phi) is 35.9. The van der Waals surface area contributed by atoms with Crippen molar-refractivity contribution in [3.8, 4) is 0 Å². The zero-order valence-electron chi connectivity index (χ0n) is 32.2. The molecule has 0 fully saturated rings. The molecule has 51 heavy (non-hydrogen) atoms. The number of hydrogen-bond donors (Lipinski definition) is 2. The van der Waals surface area contributed by atoms with Crippen LogP contribution < -0.4 is 0 Å². The predicted octanol–water partition coefficient (Wildman–Crippen LogP) is 12.1. The highest BCUT2D eigenvalue weighted by atomic mass is 31.2. The highest BCUT2D eigenvalue weighted by molar-refractivity contribution is 7.46. The molecule has 0 saturated carbocycles.